The summed E-state index contributed by atoms with van der Waals surface area (Å²) in [5.41, 5.74) is 1.63. The number of carboxylic acid groups (broad SMARTS) is 1. The third kappa shape index (κ3) is 3.77. The molecule has 0 fully saturated rings. The van der Waals surface area contributed by atoms with Crippen molar-refractivity contribution in [2.45, 2.75) is 51.4 Å². The molecule has 1 heterocycles. The van der Waals surface area contributed by atoms with E-state index in [-0.39, 0.29) is 5.91 Å². The van der Waals surface area contributed by atoms with Crippen LogP contribution in [0.4, 0.5) is 5.00 Å². The monoisotopic (exact) mass is 357 g/mol. The van der Waals surface area contributed by atoms with Gasteiger partial charge in [-0.15, -0.1) is 11.3 Å². The van der Waals surface area contributed by atoms with Gasteiger partial charge in [0.05, 0.1) is 11.5 Å². The van der Waals surface area contributed by atoms with Crippen molar-refractivity contribution in [3.8, 4) is 6.07 Å². The molecular formula is C19H21N2O3S-. The van der Waals surface area contributed by atoms with Gasteiger partial charge in [0.15, 0.2) is 0 Å². The Morgan fingerprint density at radius 3 is 2.48 bits per heavy atom. The number of hydrogen-bond donors (Lipinski definition) is 1. The van der Waals surface area contributed by atoms with E-state index < -0.39 is 17.8 Å². The summed E-state index contributed by atoms with van der Waals surface area (Å²) < 4.78 is 0. The third-order valence-electron chi connectivity index (χ3n) is 5.09. The number of fused-ring (bicyclic) bond motifs is 1. The zero-order chi connectivity index (χ0) is 17.8. The molecule has 5 nitrogen and oxygen atoms in total. The Kier molecular flexibility index (Phi) is 5.54. The number of carboxylic acids is 1. The van der Waals surface area contributed by atoms with Crippen LogP contribution in [0.1, 0.15) is 54.5 Å². The van der Waals surface area contributed by atoms with Gasteiger partial charge in [-0.05, 0) is 44.1 Å². The fraction of sp³-hybridized carbons (Fsp3) is 0.526. The van der Waals surface area contributed by atoms with E-state index in [2.05, 4.69) is 11.4 Å². The molecule has 0 saturated heterocycles. The lowest BCUT2D eigenvalue weighted by Gasteiger charge is -2.28. The number of rotatable bonds is 3. The number of hydrogen-bond acceptors (Lipinski definition) is 5. The molecule has 1 N–H and O–H groups in total. The average molecular weight is 357 g/mol. The smallest absolute Gasteiger partial charge is 0.229 e. The Labute approximate surface area is 151 Å². The Morgan fingerprint density at radius 2 is 1.80 bits per heavy atom. The lowest BCUT2D eigenvalue weighted by atomic mass is 9.82. The van der Waals surface area contributed by atoms with Gasteiger partial charge in [0, 0.05) is 16.8 Å². The number of carbonyl (C=O) groups excluding carboxylic acids is 2. The van der Waals surface area contributed by atoms with E-state index >= 15 is 0 Å². The minimum Gasteiger partial charge on any atom is -0.550 e. The van der Waals surface area contributed by atoms with E-state index in [0.717, 1.165) is 31.2 Å². The summed E-state index contributed by atoms with van der Waals surface area (Å²) in [5, 5.41) is 24.3. The molecule has 1 amide bonds. The van der Waals surface area contributed by atoms with Crippen molar-refractivity contribution >= 4 is 28.2 Å². The first kappa shape index (κ1) is 17.7. The summed E-state index contributed by atoms with van der Waals surface area (Å²) in [6.07, 6.45) is 10.7. The Morgan fingerprint density at radius 1 is 1.12 bits per heavy atom. The number of nitrogens with zero attached hydrogens (tertiary/aromatic N) is 1. The van der Waals surface area contributed by atoms with Crippen LogP contribution in [0, 0.1) is 23.2 Å². The van der Waals surface area contributed by atoms with Crippen LogP contribution in [0.5, 0.6) is 0 Å². The highest BCUT2D eigenvalue weighted by Gasteiger charge is 2.31. The minimum absolute atomic E-state index is 0.312. The fourth-order valence-corrected chi connectivity index (χ4v) is 4.94. The largest absolute Gasteiger partial charge is 0.550 e. The molecule has 2 aliphatic carbocycles. The molecule has 0 radical (unpaired) electrons. The number of amides is 1. The van der Waals surface area contributed by atoms with Gasteiger partial charge in [-0.2, -0.15) is 5.26 Å². The van der Waals surface area contributed by atoms with Gasteiger partial charge in [0.1, 0.15) is 11.1 Å². The van der Waals surface area contributed by atoms with Gasteiger partial charge < -0.3 is 15.2 Å². The Bertz CT molecular complexity index is 745. The molecule has 1 aromatic heterocycles. The molecule has 0 aromatic carbocycles. The van der Waals surface area contributed by atoms with E-state index in [1.807, 2.05) is 6.08 Å². The molecule has 0 bridgehead atoms. The molecule has 0 aliphatic heterocycles. The van der Waals surface area contributed by atoms with Gasteiger partial charge in [0.2, 0.25) is 5.91 Å². The fourth-order valence-electron chi connectivity index (χ4n) is 3.69. The van der Waals surface area contributed by atoms with Crippen molar-refractivity contribution in [1.29, 1.82) is 5.26 Å². The summed E-state index contributed by atoms with van der Waals surface area (Å²) in [7, 11) is 0. The lowest BCUT2D eigenvalue weighted by molar-refractivity contribution is -0.313. The van der Waals surface area contributed by atoms with Crippen molar-refractivity contribution in [3.63, 3.8) is 0 Å². The number of carbonyl (C=O) groups is 2. The van der Waals surface area contributed by atoms with Gasteiger partial charge >= 0.3 is 0 Å². The zero-order valence-corrected chi connectivity index (χ0v) is 14.9. The van der Waals surface area contributed by atoms with Gasteiger partial charge in [-0.25, -0.2) is 0 Å². The quantitative estimate of drug-likeness (QED) is 0.841. The number of anilines is 1. The van der Waals surface area contributed by atoms with Crippen molar-refractivity contribution in [3.05, 3.63) is 28.2 Å². The molecule has 25 heavy (non-hydrogen) atoms. The predicted molar refractivity (Wildman–Crippen MR) is 93.9 cm³/mol. The van der Waals surface area contributed by atoms with Crippen LogP contribution in [-0.2, 0) is 22.4 Å². The zero-order valence-electron chi connectivity index (χ0n) is 14.0. The van der Waals surface area contributed by atoms with Crippen LogP contribution in [0.2, 0.25) is 0 Å². The van der Waals surface area contributed by atoms with Crippen LogP contribution in [0.25, 0.3) is 0 Å². The summed E-state index contributed by atoms with van der Waals surface area (Å²) in [5.74, 6) is -2.98. The molecule has 0 spiro atoms. The van der Waals surface area contributed by atoms with Crippen molar-refractivity contribution in [2.24, 2.45) is 11.8 Å². The Balaban J connectivity index is 1.83. The maximum absolute atomic E-state index is 12.7. The molecule has 1 aromatic rings. The number of aliphatic carboxylic acids is 1. The highest BCUT2D eigenvalue weighted by Crippen LogP contribution is 2.37. The van der Waals surface area contributed by atoms with E-state index in [9.17, 15) is 20.0 Å². The second kappa shape index (κ2) is 7.83. The van der Waals surface area contributed by atoms with E-state index in [1.165, 1.54) is 29.1 Å². The van der Waals surface area contributed by atoms with Crippen LogP contribution in [0.15, 0.2) is 12.2 Å². The standard InChI is InChI=1S/C19H22N2O3S/c20-11-15-12-7-3-1-2-4-10-16(12)25-18(15)21-17(22)13-8-5-6-9-14(13)19(23)24/h5-6,13-14H,1-4,7-10H2,(H,21,22)(H,23,24)/p-1. The third-order valence-corrected chi connectivity index (χ3v) is 6.30. The van der Waals surface area contributed by atoms with Crippen molar-refractivity contribution < 1.29 is 14.7 Å². The van der Waals surface area contributed by atoms with E-state index in [0.29, 0.717) is 23.4 Å². The molecule has 132 valence electrons. The first-order chi connectivity index (χ1) is 12.1. The van der Waals surface area contributed by atoms with Gasteiger partial charge in [-0.3, -0.25) is 4.79 Å². The van der Waals surface area contributed by atoms with Crippen LogP contribution in [-0.4, -0.2) is 11.9 Å². The van der Waals surface area contributed by atoms with Crippen LogP contribution >= 0.6 is 11.3 Å². The number of nitrogens with one attached hydrogen (secondary N) is 1. The molecule has 2 atom stereocenters. The van der Waals surface area contributed by atoms with Crippen LogP contribution in [0.3, 0.4) is 0 Å². The first-order valence-electron chi connectivity index (χ1n) is 8.83. The highest BCUT2D eigenvalue weighted by atomic mass is 32.1. The number of thiophene rings is 1. The van der Waals surface area contributed by atoms with Crippen LogP contribution < -0.4 is 10.4 Å². The van der Waals surface area contributed by atoms with Crippen molar-refractivity contribution in [1.82, 2.24) is 0 Å². The minimum atomic E-state index is -1.19. The number of nitriles is 1. The molecular weight excluding hydrogens is 336 g/mol. The average Bonchev–Trinajstić information content (AvgIpc) is 2.90. The van der Waals surface area contributed by atoms with E-state index in [1.54, 1.807) is 6.08 Å². The van der Waals surface area contributed by atoms with Gasteiger partial charge in [-0.1, -0.05) is 25.0 Å². The molecule has 2 aliphatic rings. The molecule has 2 unspecified atom stereocenters. The van der Waals surface area contributed by atoms with Crippen molar-refractivity contribution in [2.75, 3.05) is 5.32 Å². The normalized spacial score (nSPS) is 23.0. The lowest BCUT2D eigenvalue weighted by Crippen LogP contribution is -2.41. The molecule has 0 saturated carbocycles. The first-order valence-corrected chi connectivity index (χ1v) is 9.64. The molecule has 6 heteroatoms. The Hall–Kier alpha value is -2.13. The predicted octanol–water partition coefficient (Wildman–Crippen LogP) is 2.55. The second-order valence-electron chi connectivity index (χ2n) is 6.70. The summed E-state index contributed by atoms with van der Waals surface area (Å²) >= 11 is 1.48. The summed E-state index contributed by atoms with van der Waals surface area (Å²) in [6.45, 7) is 0. The number of aryl methyl sites for hydroxylation is 1. The molecule has 3 rings (SSSR count). The number of allylic oxidation sites excluding steroid dienone is 2. The maximum Gasteiger partial charge on any atom is 0.229 e. The van der Waals surface area contributed by atoms with Gasteiger partial charge in [0.25, 0.3) is 0 Å². The summed E-state index contributed by atoms with van der Waals surface area (Å²) in [4.78, 5) is 25.2. The van der Waals surface area contributed by atoms with E-state index in [4.69, 9.17) is 0 Å². The maximum atomic E-state index is 12.7. The second-order valence-corrected chi connectivity index (χ2v) is 7.80. The summed E-state index contributed by atoms with van der Waals surface area (Å²) in [6, 6.07) is 2.25. The SMILES string of the molecule is N#Cc1c(NC(=O)C2CC=CCC2C(=O)[O-])sc2c1CCCCCC2. The topological polar surface area (TPSA) is 93.0 Å². The highest BCUT2D eigenvalue weighted by molar-refractivity contribution is 7.16.